The van der Waals surface area contributed by atoms with Crippen LogP contribution in [0.3, 0.4) is 0 Å². The van der Waals surface area contributed by atoms with E-state index in [4.69, 9.17) is 0 Å². The maximum Gasteiger partial charge on any atom is 0.249 e. The van der Waals surface area contributed by atoms with Gasteiger partial charge in [0.2, 0.25) is 5.95 Å². The molecule has 1 aromatic heterocycles. The highest BCUT2D eigenvalue weighted by atomic mass is 15.3. The molecule has 0 radical (unpaired) electrons. The lowest BCUT2D eigenvalue weighted by atomic mass is 10.1. The lowest BCUT2D eigenvalue weighted by Gasteiger charge is -2.10. The molecule has 0 unspecified atom stereocenters. The number of nitrogens with zero attached hydrogens (tertiary/aromatic N) is 3. The van der Waals surface area contributed by atoms with Gasteiger partial charge >= 0.3 is 0 Å². The molecule has 0 bridgehead atoms. The lowest BCUT2D eigenvalue weighted by Crippen LogP contribution is -2.07. The van der Waals surface area contributed by atoms with E-state index in [9.17, 15) is 0 Å². The van der Waals surface area contributed by atoms with Gasteiger partial charge in [0.25, 0.3) is 0 Å². The minimum absolute atomic E-state index is 0.516. The number of aryl methyl sites for hydroxylation is 2. The Morgan fingerprint density at radius 3 is 2.76 bits per heavy atom. The molecule has 0 amide bonds. The largest absolute Gasteiger partial charge is 0.369 e. The van der Waals surface area contributed by atoms with Gasteiger partial charge in [-0.3, -0.25) is 0 Å². The number of unbranched alkanes of at least 4 members (excludes halogenated alkanes) is 2. The third kappa shape index (κ3) is 4.70. The third-order valence-corrected chi connectivity index (χ3v) is 3.27. The zero-order valence-corrected chi connectivity index (χ0v) is 13.0. The van der Waals surface area contributed by atoms with E-state index in [1.165, 1.54) is 24.0 Å². The summed E-state index contributed by atoms with van der Waals surface area (Å²) in [6.07, 6.45) is 5.22. The summed E-state index contributed by atoms with van der Waals surface area (Å²) in [4.78, 5) is 4.43. The fourth-order valence-electron chi connectivity index (χ4n) is 2.11. The fourth-order valence-corrected chi connectivity index (χ4v) is 2.11. The number of rotatable bonds is 7. The van der Waals surface area contributed by atoms with Crippen molar-refractivity contribution in [2.75, 3.05) is 17.2 Å². The number of hydrogen-bond donors (Lipinski definition) is 2. The second kappa shape index (κ2) is 7.57. The van der Waals surface area contributed by atoms with Crippen LogP contribution in [0, 0.1) is 13.8 Å². The molecule has 0 spiro atoms. The molecular weight excluding hydrogens is 262 g/mol. The van der Waals surface area contributed by atoms with Gasteiger partial charge in [-0.2, -0.15) is 10.1 Å². The smallest absolute Gasteiger partial charge is 0.249 e. The Hall–Kier alpha value is -2.17. The summed E-state index contributed by atoms with van der Waals surface area (Å²) in [5.41, 5.74) is 3.41. The van der Waals surface area contributed by atoms with Crippen molar-refractivity contribution >= 4 is 17.5 Å². The molecule has 2 rings (SSSR count). The maximum absolute atomic E-state index is 4.43. The van der Waals surface area contributed by atoms with Crippen molar-refractivity contribution in [1.82, 2.24) is 15.2 Å². The van der Waals surface area contributed by atoms with Crippen LogP contribution in [0.25, 0.3) is 0 Å². The Kier molecular flexibility index (Phi) is 5.49. The Labute approximate surface area is 126 Å². The van der Waals surface area contributed by atoms with Crippen molar-refractivity contribution in [3.8, 4) is 0 Å². The van der Waals surface area contributed by atoms with Crippen molar-refractivity contribution in [3.63, 3.8) is 0 Å². The monoisotopic (exact) mass is 285 g/mol. The summed E-state index contributed by atoms with van der Waals surface area (Å²) in [6, 6.07) is 6.23. The molecule has 0 aliphatic heterocycles. The molecule has 2 aromatic rings. The van der Waals surface area contributed by atoms with Gasteiger partial charge in [-0.25, -0.2) is 0 Å². The highest BCUT2D eigenvalue weighted by Crippen LogP contribution is 2.19. The van der Waals surface area contributed by atoms with Crippen LogP contribution < -0.4 is 10.6 Å². The van der Waals surface area contributed by atoms with Gasteiger partial charge in [0.1, 0.15) is 0 Å². The molecule has 5 heteroatoms. The first-order valence-electron chi connectivity index (χ1n) is 7.47. The second-order valence-corrected chi connectivity index (χ2v) is 5.24. The summed E-state index contributed by atoms with van der Waals surface area (Å²) in [5.74, 6) is 1.27. The van der Waals surface area contributed by atoms with Crippen molar-refractivity contribution in [2.45, 2.75) is 40.0 Å². The van der Waals surface area contributed by atoms with Gasteiger partial charge in [-0.1, -0.05) is 37.5 Å². The molecule has 0 fully saturated rings. The molecule has 0 saturated heterocycles. The normalized spacial score (nSPS) is 10.4. The molecule has 5 nitrogen and oxygen atoms in total. The average molecular weight is 285 g/mol. The van der Waals surface area contributed by atoms with Gasteiger partial charge in [-0.05, 0) is 31.9 Å². The highest BCUT2D eigenvalue weighted by molar-refractivity contribution is 5.59. The molecule has 0 aliphatic carbocycles. The minimum atomic E-state index is 0.516. The predicted molar refractivity (Wildman–Crippen MR) is 87.0 cm³/mol. The van der Waals surface area contributed by atoms with E-state index in [0.29, 0.717) is 5.95 Å². The summed E-state index contributed by atoms with van der Waals surface area (Å²) in [5, 5.41) is 14.5. The van der Waals surface area contributed by atoms with E-state index >= 15 is 0 Å². The summed E-state index contributed by atoms with van der Waals surface area (Å²) < 4.78 is 0. The third-order valence-electron chi connectivity index (χ3n) is 3.27. The second-order valence-electron chi connectivity index (χ2n) is 5.24. The highest BCUT2D eigenvalue weighted by Gasteiger charge is 2.03. The summed E-state index contributed by atoms with van der Waals surface area (Å²) in [6.45, 7) is 7.25. The molecule has 112 valence electrons. The van der Waals surface area contributed by atoms with E-state index in [1.807, 2.05) is 6.07 Å². The van der Waals surface area contributed by atoms with E-state index in [-0.39, 0.29) is 0 Å². The van der Waals surface area contributed by atoms with E-state index in [1.54, 1.807) is 6.20 Å². The van der Waals surface area contributed by atoms with Crippen LogP contribution in [0.5, 0.6) is 0 Å². The van der Waals surface area contributed by atoms with Gasteiger partial charge in [0.05, 0.1) is 6.20 Å². The number of anilines is 3. The van der Waals surface area contributed by atoms with Gasteiger partial charge in [0, 0.05) is 12.2 Å². The fraction of sp³-hybridized carbons (Fsp3) is 0.438. The molecule has 0 atom stereocenters. The summed E-state index contributed by atoms with van der Waals surface area (Å²) in [7, 11) is 0. The van der Waals surface area contributed by atoms with Crippen LogP contribution in [0.4, 0.5) is 17.5 Å². The average Bonchev–Trinajstić information content (AvgIpc) is 2.47. The van der Waals surface area contributed by atoms with Crippen LogP contribution in [0.15, 0.2) is 24.4 Å². The van der Waals surface area contributed by atoms with Crippen LogP contribution in [-0.2, 0) is 0 Å². The molecule has 0 aliphatic rings. The number of benzene rings is 1. The Morgan fingerprint density at radius 2 is 2.00 bits per heavy atom. The van der Waals surface area contributed by atoms with Crippen molar-refractivity contribution < 1.29 is 0 Å². The van der Waals surface area contributed by atoms with Gasteiger partial charge in [0.15, 0.2) is 5.82 Å². The Bertz CT molecular complexity index is 583. The first-order chi connectivity index (χ1) is 10.2. The van der Waals surface area contributed by atoms with E-state index in [0.717, 1.165) is 24.5 Å². The zero-order chi connectivity index (χ0) is 15.1. The number of aromatic nitrogens is 3. The summed E-state index contributed by atoms with van der Waals surface area (Å²) >= 11 is 0. The van der Waals surface area contributed by atoms with Crippen LogP contribution >= 0.6 is 0 Å². The first-order valence-corrected chi connectivity index (χ1v) is 7.47. The molecular formula is C16H23N5. The standard InChI is InChI=1S/C16H23N5/c1-4-5-6-9-17-15-11-18-21-16(20-15)19-14-8-7-12(2)10-13(14)3/h7-8,10-11H,4-6,9H2,1-3H3,(H2,17,19,20,21). The molecule has 21 heavy (non-hydrogen) atoms. The molecule has 0 saturated carbocycles. The predicted octanol–water partition coefficient (Wildman–Crippen LogP) is 3.83. The Morgan fingerprint density at radius 1 is 1.14 bits per heavy atom. The van der Waals surface area contributed by atoms with Crippen LogP contribution in [-0.4, -0.2) is 21.7 Å². The number of nitrogens with one attached hydrogen (secondary N) is 2. The van der Waals surface area contributed by atoms with Crippen molar-refractivity contribution in [3.05, 3.63) is 35.5 Å². The zero-order valence-electron chi connectivity index (χ0n) is 13.0. The lowest BCUT2D eigenvalue weighted by molar-refractivity contribution is 0.741. The SMILES string of the molecule is CCCCCNc1cnnc(Nc2ccc(C)cc2C)n1. The number of hydrogen-bond acceptors (Lipinski definition) is 5. The Balaban J connectivity index is 2.00. The topological polar surface area (TPSA) is 62.7 Å². The molecule has 1 aromatic carbocycles. The van der Waals surface area contributed by atoms with Crippen molar-refractivity contribution in [1.29, 1.82) is 0 Å². The van der Waals surface area contributed by atoms with Crippen molar-refractivity contribution in [2.24, 2.45) is 0 Å². The molecule has 2 N–H and O–H groups in total. The first kappa shape index (κ1) is 15.2. The molecule has 1 heterocycles. The quantitative estimate of drug-likeness (QED) is 0.757. The van der Waals surface area contributed by atoms with Gasteiger partial charge < -0.3 is 10.6 Å². The van der Waals surface area contributed by atoms with Crippen LogP contribution in [0.1, 0.15) is 37.3 Å². The van der Waals surface area contributed by atoms with E-state index in [2.05, 4.69) is 58.7 Å². The maximum atomic E-state index is 4.43. The van der Waals surface area contributed by atoms with Gasteiger partial charge in [-0.15, -0.1) is 5.10 Å². The van der Waals surface area contributed by atoms with E-state index < -0.39 is 0 Å². The minimum Gasteiger partial charge on any atom is -0.369 e. The van der Waals surface area contributed by atoms with Crippen LogP contribution in [0.2, 0.25) is 0 Å².